The van der Waals surface area contributed by atoms with Crippen LogP contribution in [0.2, 0.25) is 0 Å². The van der Waals surface area contributed by atoms with E-state index in [1.165, 1.54) is 23.6 Å². The van der Waals surface area contributed by atoms with Crippen LogP contribution in [0.4, 0.5) is 0 Å². The maximum Gasteiger partial charge on any atom is 0.331 e. The quantitative estimate of drug-likeness (QED) is 0.425. The summed E-state index contributed by atoms with van der Waals surface area (Å²) < 4.78 is 9.97. The number of piperidine rings is 2. The van der Waals surface area contributed by atoms with Gasteiger partial charge in [0.05, 0.1) is 0 Å². The van der Waals surface area contributed by atoms with Gasteiger partial charge < -0.3 is 19.3 Å². The van der Waals surface area contributed by atoms with E-state index in [1.807, 2.05) is 0 Å². The molecular weight excluding hydrogens is 396 g/mol. The van der Waals surface area contributed by atoms with Crippen LogP contribution < -0.4 is 0 Å². The first-order valence-corrected chi connectivity index (χ1v) is 9.87. The highest BCUT2D eigenvalue weighted by Gasteiger charge is 2.28. The molecule has 0 unspecified atom stereocenters. The predicted octanol–water partition coefficient (Wildman–Crippen LogP) is -0.211. The minimum Gasteiger partial charge on any atom is -0.449 e. The van der Waals surface area contributed by atoms with Crippen molar-refractivity contribution in [2.75, 3.05) is 26.2 Å². The van der Waals surface area contributed by atoms with Gasteiger partial charge in [0.2, 0.25) is 0 Å². The average molecular weight is 422 g/mol. The number of rotatable bonds is 6. The third-order valence-corrected chi connectivity index (χ3v) is 4.90. The molecule has 2 heterocycles. The molecule has 2 rings (SSSR count). The van der Waals surface area contributed by atoms with Crippen molar-refractivity contribution in [3.05, 3.63) is 12.2 Å². The molecule has 2 amide bonds. The Bertz CT molecular complexity index is 678. The molecular formula is C20H26N2O8. The Morgan fingerprint density at radius 2 is 1.00 bits per heavy atom. The van der Waals surface area contributed by atoms with Gasteiger partial charge in [-0.3, -0.25) is 19.2 Å². The van der Waals surface area contributed by atoms with Gasteiger partial charge in [-0.05, 0) is 13.8 Å². The summed E-state index contributed by atoms with van der Waals surface area (Å²) in [6.07, 6.45) is 0.643. The molecule has 0 bridgehead atoms. The standard InChI is InChI=1S/C20H26N2O8/c1-13(19(27)21-9-5-15(23)6-10-21)29-17(25)3-4-18(26)30-14(2)20(28)22-11-7-16(24)8-12-22/h3-4,13-14H,5-12H2,1-2H3/b4-3+/t13-,14-/m0/s1. The Labute approximate surface area is 174 Å². The molecule has 0 aromatic rings. The number of carbonyl (C=O) groups excluding carboxylic acids is 6. The van der Waals surface area contributed by atoms with Gasteiger partial charge in [-0.25, -0.2) is 9.59 Å². The number of ketones is 2. The van der Waals surface area contributed by atoms with Crippen LogP contribution >= 0.6 is 0 Å². The number of Topliss-reactive ketones (excluding diaryl/α,β-unsaturated/α-hetero) is 2. The van der Waals surface area contributed by atoms with Crippen molar-refractivity contribution < 1.29 is 38.2 Å². The Kier molecular flexibility index (Phi) is 8.25. The van der Waals surface area contributed by atoms with E-state index in [0.29, 0.717) is 26.2 Å². The summed E-state index contributed by atoms with van der Waals surface area (Å²) in [5.74, 6) is -2.46. The fraction of sp³-hybridized carbons (Fsp3) is 0.600. The minimum absolute atomic E-state index is 0.0895. The summed E-state index contributed by atoms with van der Waals surface area (Å²) in [6, 6.07) is 0. The van der Waals surface area contributed by atoms with E-state index in [0.717, 1.165) is 12.2 Å². The molecule has 10 nitrogen and oxygen atoms in total. The summed E-state index contributed by atoms with van der Waals surface area (Å²) >= 11 is 0. The molecule has 0 spiro atoms. The fourth-order valence-corrected chi connectivity index (χ4v) is 3.13. The number of hydrogen-bond donors (Lipinski definition) is 0. The van der Waals surface area contributed by atoms with Gasteiger partial charge in [0.1, 0.15) is 11.6 Å². The van der Waals surface area contributed by atoms with Gasteiger partial charge in [0.25, 0.3) is 11.8 Å². The second-order valence-corrected chi connectivity index (χ2v) is 7.22. The van der Waals surface area contributed by atoms with Crippen LogP contribution in [-0.2, 0) is 38.2 Å². The third-order valence-electron chi connectivity index (χ3n) is 4.90. The van der Waals surface area contributed by atoms with Crippen molar-refractivity contribution in [3.8, 4) is 0 Å². The van der Waals surface area contributed by atoms with E-state index < -0.39 is 36.0 Å². The lowest BCUT2D eigenvalue weighted by molar-refractivity contribution is -0.157. The van der Waals surface area contributed by atoms with E-state index in [9.17, 15) is 28.8 Å². The highest BCUT2D eigenvalue weighted by atomic mass is 16.6. The highest BCUT2D eigenvalue weighted by Crippen LogP contribution is 2.10. The second-order valence-electron chi connectivity index (χ2n) is 7.22. The number of esters is 2. The number of likely N-dealkylation sites (tertiary alicyclic amines) is 2. The molecule has 164 valence electrons. The van der Waals surface area contributed by atoms with E-state index in [1.54, 1.807) is 0 Å². The molecule has 0 radical (unpaired) electrons. The minimum atomic E-state index is -1.06. The second kappa shape index (κ2) is 10.7. The Morgan fingerprint density at radius 3 is 1.30 bits per heavy atom. The Balaban J connectivity index is 1.75. The summed E-state index contributed by atoms with van der Waals surface area (Å²) in [5, 5.41) is 0. The SMILES string of the molecule is C[C@H](OC(=O)/C=C/C(=O)O[C@@H](C)C(=O)N1CCC(=O)CC1)C(=O)N1CCC(=O)CC1. The molecule has 0 saturated carbocycles. The fourth-order valence-electron chi connectivity index (χ4n) is 3.13. The molecule has 2 aliphatic rings. The Morgan fingerprint density at radius 1 is 0.700 bits per heavy atom. The molecule has 2 saturated heterocycles. The lowest BCUT2D eigenvalue weighted by Crippen LogP contribution is -2.44. The van der Waals surface area contributed by atoms with Crippen molar-refractivity contribution in [1.29, 1.82) is 0 Å². The van der Waals surface area contributed by atoms with Crippen molar-refractivity contribution in [1.82, 2.24) is 9.80 Å². The summed E-state index contributed by atoms with van der Waals surface area (Å²) in [4.78, 5) is 73.5. The molecule has 0 aliphatic carbocycles. The zero-order valence-electron chi connectivity index (χ0n) is 17.1. The zero-order valence-corrected chi connectivity index (χ0v) is 17.1. The number of amides is 2. The lowest BCUT2D eigenvalue weighted by Gasteiger charge is -2.28. The maximum absolute atomic E-state index is 12.2. The van der Waals surface area contributed by atoms with Crippen LogP contribution in [0.3, 0.4) is 0 Å². The summed E-state index contributed by atoms with van der Waals surface area (Å²) in [5.41, 5.74) is 0. The number of hydrogen-bond acceptors (Lipinski definition) is 8. The predicted molar refractivity (Wildman–Crippen MR) is 102 cm³/mol. The monoisotopic (exact) mass is 422 g/mol. The average Bonchev–Trinajstić information content (AvgIpc) is 2.72. The van der Waals surface area contributed by atoms with Gasteiger partial charge in [-0.1, -0.05) is 0 Å². The summed E-state index contributed by atoms with van der Waals surface area (Å²) in [6.45, 7) is 3.98. The smallest absolute Gasteiger partial charge is 0.331 e. The van der Waals surface area contributed by atoms with E-state index >= 15 is 0 Å². The van der Waals surface area contributed by atoms with Crippen LogP contribution in [0, 0.1) is 0 Å². The number of ether oxygens (including phenoxy) is 2. The largest absolute Gasteiger partial charge is 0.449 e. The van der Waals surface area contributed by atoms with Crippen molar-refractivity contribution in [2.24, 2.45) is 0 Å². The highest BCUT2D eigenvalue weighted by molar-refractivity contribution is 5.94. The molecule has 10 heteroatoms. The van der Waals surface area contributed by atoms with Crippen molar-refractivity contribution in [2.45, 2.75) is 51.7 Å². The lowest BCUT2D eigenvalue weighted by atomic mass is 10.1. The first kappa shape index (κ1) is 23.2. The molecule has 2 atom stereocenters. The third kappa shape index (κ3) is 6.78. The van der Waals surface area contributed by atoms with Crippen LogP contribution in [0.15, 0.2) is 12.2 Å². The zero-order chi connectivity index (χ0) is 22.3. The van der Waals surface area contributed by atoms with Crippen molar-refractivity contribution in [3.63, 3.8) is 0 Å². The molecule has 2 aliphatic heterocycles. The number of carbonyl (C=O) groups is 6. The van der Waals surface area contributed by atoms with Crippen LogP contribution in [0.5, 0.6) is 0 Å². The maximum atomic E-state index is 12.2. The van der Waals surface area contributed by atoms with Gasteiger partial charge in [0.15, 0.2) is 12.2 Å². The molecule has 30 heavy (non-hydrogen) atoms. The molecule has 0 aromatic carbocycles. The van der Waals surface area contributed by atoms with Gasteiger partial charge in [-0.2, -0.15) is 0 Å². The first-order chi connectivity index (χ1) is 14.2. The van der Waals surface area contributed by atoms with E-state index in [-0.39, 0.29) is 37.2 Å². The van der Waals surface area contributed by atoms with Crippen LogP contribution in [-0.4, -0.2) is 83.5 Å². The van der Waals surface area contributed by atoms with Crippen molar-refractivity contribution >= 4 is 35.3 Å². The van der Waals surface area contributed by atoms with E-state index in [4.69, 9.17) is 9.47 Å². The molecule has 2 fully saturated rings. The normalized spacial score (nSPS) is 19.4. The van der Waals surface area contributed by atoms with Gasteiger partial charge in [-0.15, -0.1) is 0 Å². The van der Waals surface area contributed by atoms with E-state index in [2.05, 4.69) is 0 Å². The van der Waals surface area contributed by atoms with Crippen LogP contribution in [0.25, 0.3) is 0 Å². The first-order valence-electron chi connectivity index (χ1n) is 9.87. The number of nitrogens with zero attached hydrogens (tertiary/aromatic N) is 2. The molecule has 0 aromatic heterocycles. The Hall–Kier alpha value is -3.04. The molecule has 0 N–H and O–H groups in total. The topological polar surface area (TPSA) is 127 Å². The van der Waals surface area contributed by atoms with Crippen LogP contribution in [0.1, 0.15) is 39.5 Å². The summed E-state index contributed by atoms with van der Waals surface area (Å²) in [7, 11) is 0. The van der Waals surface area contributed by atoms with Gasteiger partial charge in [0, 0.05) is 64.0 Å². The van der Waals surface area contributed by atoms with Gasteiger partial charge >= 0.3 is 11.9 Å².